The average Bonchev–Trinajstić information content (AvgIpc) is 2.81. The molecule has 2 aliphatic heterocycles. The zero-order valence-electron chi connectivity index (χ0n) is 22.1. The Morgan fingerprint density at radius 2 is 1.50 bits per heavy atom. The van der Waals surface area contributed by atoms with Gasteiger partial charge in [0.15, 0.2) is 0 Å². The molecule has 3 aliphatic rings. The van der Waals surface area contributed by atoms with E-state index in [1.165, 1.54) is 21.9 Å². The van der Waals surface area contributed by atoms with Crippen LogP contribution in [0.5, 0.6) is 0 Å². The molecule has 1 atom stereocenters. The summed E-state index contributed by atoms with van der Waals surface area (Å²) >= 11 is 0. The molecule has 0 radical (unpaired) electrons. The Morgan fingerprint density at radius 3 is 1.97 bits per heavy atom. The predicted molar refractivity (Wildman–Crippen MR) is 135 cm³/mol. The molecule has 0 unspecified atom stereocenters. The smallest absolute Gasteiger partial charge is 0.416 e. The number of carbonyl (C=O) groups excluding carboxylic acids is 2. The quantitative estimate of drug-likeness (QED) is 0.605. The summed E-state index contributed by atoms with van der Waals surface area (Å²) < 4.78 is 38.3. The van der Waals surface area contributed by atoms with Gasteiger partial charge in [-0.05, 0) is 48.9 Å². The molecule has 4 rings (SSSR count). The minimum atomic E-state index is -4.46. The number of benzene rings is 1. The second-order valence-corrected chi connectivity index (χ2v) is 11.4. The van der Waals surface area contributed by atoms with Crippen LogP contribution in [0.2, 0.25) is 0 Å². The number of hydrogen-bond donors (Lipinski definition) is 2. The van der Waals surface area contributed by atoms with Crippen molar-refractivity contribution >= 4 is 23.7 Å². The molecule has 12 heteroatoms. The van der Waals surface area contributed by atoms with Gasteiger partial charge in [-0.3, -0.25) is 14.6 Å². The molecule has 2 N–H and O–H groups in total. The molecule has 1 aromatic rings. The van der Waals surface area contributed by atoms with Crippen LogP contribution in [0.4, 0.5) is 28.4 Å². The number of nitrogens with one attached hydrogen (secondary N) is 1. The Bertz CT molecular complexity index is 1040. The number of urea groups is 1. The SMILES string of the molecule is CC(C)(C)C1(N2CCN(C(=O)O)[C@@H](C(=O)N3CCN(C(=O)Nc4ccc(C(F)(F)F)cc4)CC3)C2)CCC1. The van der Waals surface area contributed by atoms with Crippen molar-refractivity contribution < 1.29 is 32.7 Å². The predicted octanol–water partition coefficient (Wildman–Crippen LogP) is 4.01. The molecule has 38 heavy (non-hydrogen) atoms. The van der Waals surface area contributed by atoms with Crippen molar-refractivity contribution in [1.29, 1.82) is 0 Å². The van der Waals surface area contributed by atoms with E-state index in [0.717, 1.165) is 31.4 Å². The van der Waals surface area contributed by atoms with E-state index >= 15 is 0 Å². The van der Waals surface area contributed by atoms with Gasteiger partial charge in [0.1, 0.15) is 6.04 Å². The van der Waals surface area contributed by atoms with Crippen molar-refractivity contribution in [2.45, 2.75) is 57.8 Å². The monoisotopic (exact) mass is 539 g/mol. The molecule has 2 heterocycles. The lowest BCUT2D eigenvalue weighted by Crippen LogP contribution is -2.70. The van der Waals surface area contributed by atoms with Crippen molar-refractivity contribution in [2.75, 3.05) is 51.1 Å². The van der Waals surface area contributed by atoms with E-state index in [4.69, 9.17) is 0 Å². The number of nitrogens with zero attached hydrogens (tertiary/aromatic N) is 4. The van der Waals surface area contributed by atoms with Gasteiger partial charge in [-0.15, -0.1) is 0 Å². The highest BCUT2D eigenvalue weighted by Crippen LogP contribution is 2.50. The van der Waals surface area contributed by atoms with Crippen LogP contribution in [-0.2, 0) is 11.0 Å². The summed E-state index contributed by atoms with van der Waals surface area (Å²) in [5.41, 5.74) is -0.615. The number of carboxylic acid groups (broad SMARTS) is 1. The average molecular weight is 540 g/mol. The number of alkyl halides is 3. The van der Waals surface area contributed by atoms with Crippen LogP contribution < -0.4 is 5.32 Å². The van der Waals surface area contributed by atoms with Gasteiger partial charge < -0.3 is 20.2 Å². The Labute approximate surface area is 220 Å². The van der Waals surface area contributed by atoms with Gasteiger partial charge in [-0.25, -0.2) is 9.59 Å². The van der Waals surface area contributed by atoms with Crippen molar-refractivity contribution in [3.8, 4) is 0 Å². The Hall–Kier alpha value is -3.02. The summed E-state index contributed by atoms with van der Waals surface area (Å²) in [7, 11) is 0. The van der Waals surface area contributed by atoms with Gasteiger partial charge >= 0.3 is 18.3 Å². The number of rotatable bonds is 3. The van der Waals surface area contributed by atoms with Crippen LogP contribution in [-0.4, -0.2) is 100 Å². The van der Waals surface area contributed by atoms with Crippen LogP contribution in [0.3, 0.4) is 0 Å². The fourth-order valence-corrected chi connectivity index (χ4v) is 5.95. The van der Waals surface area contributed by atoms with E-state index in [0.29, 0.717) is 13.1 Å². The number of carbonyl (C=O) groups is 3. The third-order valence-corrected chi connectivity index (χ3v) is 8.44. The number of piperazine rings is 2. The third kappa shape index (κ3) is 5.41. The fourth-order valence-electron chi connectivity index (χ4n) is 5.95. The Balaban J connectivity index is 1.37. The first-order valence-corrected chi connectivity index (χ1v) is 13.0. The minimum absolute atomic E-state index is 0.00368. The van der Waals surface area contributed by atoms with E-state index < -0.39 is 29.9 Å². The van der Waals surface area contributed by atoms with E-state index in [1.54, 1.807) is 4.90 Å². The molecular weight excluding hydrogens is 503 g/mol. The topological polar surface area (TPSA) is 96.4 Å². The Kier molecular flexibility index (Phi) is 7.57. The second kappa shape index (κ2) is 10.3. The van der Waals surface area contributed by atoms with E-state index in [-0.39, 0.29) is 55.3 Å². The van der Waals surface area contributed by atoms with Crippen molar-refractivity contribution in [1.82, 2.24) is 19.6 Å². The molecule has 210 valence electrons. The number of halogens is 3. The van der Waals surface area contributed by atoms with Gasteiger partial charge in [-0.1, -0.05) is 20.8 Å². The summed E-state index contributed by atoms with van der Waals surface area (Å²) in [4.78, 5) is 44.9. The highest BCUT2D eigenvalue weighted by atomic mass is 19.4. The minimum Gasteiger partial charge on any atom is -0.465 e. The maximum absolute atomic E-state index is 13.6. The molecular formula is C26H36F3N5O4. The highest BCUT2D eigenvalue weighted by Gasteiger charge is 2.53. The lowest BCUT2D eigenvalue weighted by atomic mass is 9.60. The summed E-state index contributed by atoms with van der Waals surface area (Å²) in [6.45, 7) is 8.73. The molecule has 0 spiro atoms. The maximum Gasteiger partial charge on any atom is 0.416 e. The van der Waals surface area contributed by atoms with Crippen molar-refractivity contribution in [3.05, 3.63) is 29.8 Å². The van der Waals surface area contributed by atoms with Gasteiger partial charge in [0.2, 0.25) is 5.91 Å². The van der Waals surface area contributed by atoms with Crippen LogP contribution >= 0.6 is 0 Å². The number of amides is 4. The summed E-state index contributed by atoms with van der Waals surface area (Å²) in [6.07, 6.45) is -2.40. The standard InChI is InChI=1S/C26H36F3N5O4/c1-24(2,3)25(9-4-10-25)33-15-16-34(23(37)38)20(17-33)21(35)31-11-13-32(14-12-31)22(36)30-19-7-5-18(6-8-19)26(27,28)29/h5-8,20H,4,9-17H2,1-3H3,(H,30,36)(H,37,38)/t20-/m1/s1. The molecule has 3 fully saturated rings. The fraction of sp³-hybridized carbons (Fsp3) is 0.654. The second-order valence-electron chi connectivity index (χ2n) is 11.4. The van der Waals surface area contributed by atoms with Crippen molar-refractivity contribution in [2.24, 2.45) is 5.41 Å². The van der Waals surface area contributed by atoms with Gasteiger partial charge in [0.25, 0.3) is 0 Å². The Morgan fingerprint density at radius 1 is 0.921 bits per heavy atom. The summed E-state index contributed by atoms with van der Waals surface area (Å²) in [5.74, 6) is -0.261. The van der Waals surface area contributed by atoms with Crippen LogP contribution in [0, 0.1) is 5.41 Å². The number of hydrogen-bond acceptors (Lipinski definition) is 4. The van der Waals surface area contributed by atoms with Crippen molar-refractivity contribution in [3.63, 3.8) is 0 Å². The largest absolute Gasteiger partial charge is 0.465 e. The third-order valence-electron chi connectivity index (χ3n) is 8.44. The van der Waals surface area contributed by atoms with Crippen LogP contribution in [0.15, 0.2) is 24.3 Å². The lowest BCUT2D eigenvalue weighted by molar-refractivity contribution is -0.146. The molecule has 0 aromatic heterocycles. The zero-order valence-corrected chi connectivity index (χ0v) is 22.1. The first kappa shape index (κ1) is 28.0. The van der Waals surface area contributed by atoms with E-state index in [1.807, 2.05) is 0 Å². The molecule has 1 aliphatic carbocycles. The van der Waals surface area contributed by atoms with Gasteiger partial charge in [0.05, 0.1) is 5.56 Å². The van der Waals surface area contributed by atoms with Crippen LogP contribution in [0.25, 0.3) is 0 Å². The van der Waals surface area contributed by atoms with E-state index in [2.05, 4.69) is 31.0 Å². The highest BCUT2D eigenvalue weighted by molar-refractivity contribution is 5.90. The van der Waals surface area contributed by atoms with Crippen LogP contribution in [0.1, 0.15) is 45.6 Å². The molecule has 4 amide bonds. The normalized spacial score (nSPS) is 22.6. The lowest BCUT2D eigenvalue weighted by Gasteiger charge is -2.60. The maximum atomic E-state index is 13.6. The zero-order chi connectivity index (χ0) is 27.9. The summed E-state index contributed by atoms with van der Waals surface area (Å²) in [6, 6.07) is 2.92. The molecule has 9 nitrogen and oxygen atoms in total. The molecule has 1 saturated carbocycles. The number of anilines is 1. The van der Waals surface area contributed by atoms with E-state index in [9.17, 15) is 32.7 Å². The summed E-state index contributed by atoms with van der Waals surface area (Å²) in [5, 5.41) is 12.4. The molecule has 1 aromatic carbocycles. The first-order valence-electron chi connectivity index (χ1n) is 13.0. The first-order chi connectivity index (χ1) is 17.7. The van der Waals surface area contributed by atoms with Gasteiger partial charge in [0, 0.05) is 57.0 Å². The molecule has 2 saturated heterocycles. The van der Waals surface area contributed by atoms with Gasteiger partial charge in [-0.2, -0.15) is 13.2 Å². The molecule has 0 bridgehead atoms.